The molecule has 3 nitrogen and oxygen atoms in total. The van der Waals surface area contributed by atoms with E-state index < -0.39 is 7.60 Å². The zero-order chi connectivity index (χ0) is 11.9. The molecule has 6 heteroatoms. The molecule has 0 unspecified atom stereocenters. The molecule has 0 spiro atoms. The predicted molar refractivity (Wildman–Crippen MR) is 67.0 cm³/mol. The Morgan fingerprint density at radius 3 is 2.18 bits per heavy atom. The molecular formula is C11H16LiO3PSe. The molecule has 0 bridgehead atoms. The van der Waals surface area contributed by atoms with Crippen LogP contribution in [0.3, 0.4) is 0 Å². The molecule has 17 heavy (non-hydrogen) atoms. The van der Waals surface area contributed by atoms with Gasteiger partial charge in [0, 0.05) is 0 Å². The predicted octanol–water partition coefficient (Wildman–Crippen LogP) is -0.595. The molecule has 1 rings (SSSR count). The van der Waals surface area contributed by atoms with E-state index in [2.05, 4.69) is 0 Å². The van der Waals surface area contributed by atoms with Crippen LogP contribution in [0.15, 0.2) is 30.3 Å². The molecule has 0 radical (unpaired) electrons. The molecule has 0 aliphatic heterocycles. The average Bonchev–Trinajstić information content (AvgIpc) is 2.29. The first kappa shape index (κ1) is 17.5. The Hall–Kier alpha value is 0.487. The smallest absolute Gasteiger partial charge is 1.00 e. The van der Waals surface area contributed by atoms with Crippen LogP contribution in [-0.2, 0) is 13.6 Å². The third kappa shape index (κ3) is 6.84. The fourth-order valence-electron chi connectivity index (χ4n) is 1.08. The fourth-order valence-corrected chi connectivity index (χ4v) is 5.25. The van der Waals surface area contributed by atoms with Crippen LogP contribution in [0.2, 0.25) is 0 Å². The van der Waals surface area contributed by atoms with Crippen LogP contribution in [0.1, 0.15) is 13.8 Å². The van der Waals surface area contributed by atoms with Crippen LogP contribution in [0.4, 0.5) is 0 Å². The molecule has 0 fully saturated rings. The summed E-state index contributed by atoms with van der Waals surface area (Å²) in [5.74, 6) is 0. The quantitative estimate of drug-likeness (QED) is 0.383. The van der Waals surface area contributed by atoms with Gasteiger partial charge in [0.05, 0.1) is 0 Å². The van der Waals surface area contributed by atoms with E-state index in [4.69, 9.17) is 9.05 Å². The van der Waals surface area contributed by atoms with E-state index in [1.54, 1.807) is 5.06 Å². The number of hydrogen-bond acceptors (Lipinski definition) is 3. The summed E-state index contributed by atoms with van der Waals surface area (Å²) in [6.07, 6.45) is 0. The van der Waals surface area contributed by atoms with Gasteiger partial charge in [0.1, 0.15) is 0 Å². The first-order chi connectivity index (χ1) is 7.70. The molecule has 1 aromatic carbocycles. The zero-order valence-corrected chi connectivity index (χ0v) is 13.1. The Balaban J connectivity index is 0.00000256. The maximum atomic E-state index is 12.1. The van der Waals surface area contributed by atoms with Crippen molar-refractivity contribution in [2.75, 3.05) is 13.2 Å². The van der Waals surface area contributed by atoms with E-state index in [-0.39, 0.29) is 33.8 Å². The van der Waals surface area contributed by atoms with Crippen LogP contribution < -0.4 is 23.3 Å². The summed E-state index contributed by atoms with van der Waals surface area (Å²) in [5.41, 5.74) is 0. The van der Waals surface area contributed by atoms with E-state index in [1.807, 2.05) is 44.2 Å². The molecule has 90 valence electrons. The molecule has 0 saturated carbocycles. The molecule has 0 heterocycles. The summed E-state index contributed by atoms with van der Waals surface area (Å²) in [6.45, 7) is 4.43. The second-order valence-corrected chi connectivity index (χ2v) is 7.53. The van der Waals surface area contributed by atoms with Gasteiger partial charge in [-0.3, -0.25) is 0 Å². The van der Waals surface area contributed by atoms with Crippen LogP contribution in [0.5, 0.6) is 0 Å². The molecule has 0 amide bonds. The summed E-state index contributed by atoms with van der Waals surface area (Å²) in [6, 6.07) is 9.93. The summed E-state index contributed by atoms with van der Waals surface area (Å²) in [4.78, 5) is 0. The molecule has 0 aliphatic carbocycles. The number of benzene rings is 1. The SMILES string of the molecule is CCOP(=O)([CH-][Se]c1ccccc1)OCC.[Li+]. The largest absolute Gasteiger partial charge is 1.00 e. The Labute approximate surface area is 122 Å². The summed E-state index contributed by atoms with van der Waals surface area (Å²) in [7, 11) is -2.98. The maximum absolute atomic E-state index is 12.1. The molecule has 0 saturated heterocycles. The van der Waals surface area contributed by atoms with Gasteiger partial charge in [-0.15, -0.1) is 0 Å². The third-order valence-electron chi connectivity index (χ3n) is 1.68. The number of rotatable bonds is 7. The Morgan fingerprint density at radius 2 is 1.71 bits per heavy atom. The maximum Gasteiger partial charge on any atom is 1.00 e. The average molecular weight is 313 g/mol. The third-order valence-corrected chi connectivity index (χ3v) is 6.71. The first-order valence-electron chi connectivity index (χ1n) is 5.15. The second-order valence-electron chi connectivity index (χ2n) is 2.91. The zero-order valence-electron chi connectivity index (χ0n) is 10.5. The molecule has 0 aromatic heterocycles. The van der Waals surface area contributed by atoms with Crippen molar-refractivity contribution in [2.24, 2.45) is 0 Å². The van der Waals surface area contributed by atoms with Gasteiger partial charge < -0.3 is 0 Å². The van der Waals surface area contributed by atoms with Crippen molar-refractivity contribution in [2.45, 2.75) is 13.8 Å². The minimum absolute atomic E-state index is 0. The van der Waals surface area contributed by atoms with Crippen molar-refractivity contribution < 1.29 is 32.5 Å². The molecule has 0 N–H and O–H groups in total. The van der Waals surface area contributed by atoms with Gasteiger partial charge in [-0.05, 0) is 0 Å². The Morgan fingerprint density at radius 1 is 1.18 bits per heavy atom. The summed E-state index contributed by atoms with van der Waals surface area (Å²) >= 11 is 0.0150. The van der Waals surface area contributed by atoms with Crippen LogP contribution in [0, 0.1) is 5.06 Å². The van der Waals surface area contributed by atoms with Gasteiger partial charge in [0.2, 0.25) is 0 Å². The fraction of sp³-hybridized carbons (Fsp3) is 0.364. The van der Waals surface area contributed by atoms with Gasteiger partial charge in [0.25, 0.3) is 0 Å². The van der Waals surface area contributed by atoms with E-state index in [0.717, 1.165) is 4.46 Å². The van der Waals surface area contributed by atoms with E-state index >= 15 is 0 Å². The minimum Gasteiger partial charge on any atom is 1.00 e. The summed E-state index contributed by atoms with van der Waals surface area (Å²) in [5, 5.41) is 1.70. The normalized spacial score (nSPS) is 10.9. The summed E-state index contributed by atoms with van der Waals surface area (Å²) < 4.78 is 23.6. The van der Waals surface area contributed by atoms with Crippen molar-refractivity contribution in [1.82, 2.24) is 0 Å². The van der Waals surface area contributed by atoms with Crippen LogP contribution in [-0.4, -0.2) is 28.2 Å². The van der Waals surface area contributed by atoms with E-state index in [0.29, 0.717) is 13.2 Å². The minimum atomic E-state index is -2.98. The topological polar surface area (TPSA) is 35.5 Å². The molecule has 1 aromatic rings. The van der Waals surface area contributed by atoms with Crippen molar-refractivity contribution in [1.29, 1.82) is 0 Å². The first-order valence-corrected chi connectivity index (χ1v) is 8.61. The second kappa shape index (κ2) is 9.42. The van der Waals surface area contributed by atoms with Crippen molar-refractivity contribution >= 4 is 27.0 Å². The van der Waals surface area contributed by atoms with Crippen LogP contribution >= 0.6 is 7.60 Å². The molecule has 0 aliphatic rings. The standard InChI is InChI=1S/C11H16O3PSe.Li/c1-3-13-15(12,14-4-2)10-16-11-8-6-5-7-9-11;/h5-10H,3-4H2,1-2H3;/q-1;+1. The van der Waals surface area contributed by atoms with Gasteiger partial charge in [0.15, 0.2) is 0 Å². The Kier molecular flexibility index (Phi) is 9.69. The van der Waals surface area contributed by atoms with Crippen molar-refractivity contribution in [3.63, 3.8) is 0 Å². The van der Waals surface area contributed by atoms with E-state index in [1.165, 1.54) is 0 Å². The van der Waals surface area contributed by atoms with Gasteiger partial charge >= 0.3 is 122 Å². The van der Waals surface area contributed by atoms with Gasteiger partial charge in [-0.2, -0.15) is 0 Å². The molecule has 0 atom stereocenters. The van der Waals surface area contributed by atoms with Gasteiger partial charge in [-0.1, -0.05) is 0 Å². The van der Waals surface area contributed by atoms with Gasteiger partial charge in [-0.25, -0.2) is 0 Å². The Bertz CT molecular complexity index is 338. The van der Waals surface area contributed by atoms with E-state index in [9.17, 15) is 4.57 Å². The number of hydrogen-bond donors (Lipinski definition) is 0. The monoisotopic (exact) mass is 314 g/mol. The van der Waals surface area contributed by atoms with Crippen molar-refractivity contribution in [3.8, 4) is 0 Å². The molecular weight excluding hydrogens is 297 g/mol. The van der Waals surface area contributed by atoms with Crippen LogP contribution in [0.25, 0.3) is 0 Å². The van der Waals surface area contributed by atoms with Crippen molar-refractivity contribution in [3.05, 3.63) is 35.4 Å².